The van der Waals surface area contributed by atoms with Crippen LogP contribution in [0.4, 0.5) is 0 Å². The van der Waals surface area contributed by atoms with Gasteiger partial charge in [-0.05, 0) is 43.4 Å². The van der Waals surface area contributed by atoms with E-state index >= 15 is 0 Å². The van der Waals surface area contributed by atoms with Crippen LogP contribution < -0.4 is 5.32 Å². The first-order valence-corrected chi connectivity index (χ1v) is 11.9. The molecule has 4 amide bonds. The van der Waals surface area contributed by atoms with Gasteiger partial charge in [-0.1, -0.05) is 56.3 Å². The van der Waals surface area contributed by atoms with Gasteiger partial charge in [-0.15, -0.1) is 0 Å². The van der Waals surface area contributed by atoms with Crippen LogP contribution >= 0.6 is 0 Å². The molecular weight excluding hydrogens is 430 g/mol. The monoisotopic (exact) mass is 463 g/mol. The van der Waals surface area contributed by atoms with Gasteiger partial charge in [0.25, 0.3) is 11.8 Å². The Balaban J connectivity index is 1.61. The van der Waals surface area contributed by atoms with Gasteiger partial charge in [-0.2, -0.15) is 0 Å². The maximum atomic E-state index is 13.2. The second-order valence-corrected chi connectivity index (χ2v) is 9.05. The number of rotatable bonds is 11. The summed E-state index contributed by atoms with van der Waals surface area (Å²) in [5, 5.41) is 2.91. The zero-order valence-corrected chi connectivity index (χ0v) is 20.1. The average Bonchev–Trinajstić information content (AvgIpc) is 3.08. The largest absolute Gasteiger partial charge is 0.354 e. The average molecular weight is 464 g/mol. The lowest BCUT2D eigenvalue weighted by atomic mass is 10.1. The highest BCUT2D eigenvalue weighted by molar-refractivity contribution is 6.21. The number of nitrogens with one attached hydrogen (secondary N) is 1. The maximum absolute atomic E-state index is 13.2. The Hall–Kier alpha value is -3.48. The van der Waals surface area contributed by atoms with Crippen molar-refractivity contribution in [2.75, 3.05) is 19.6 Å². The van der Waals surface area contributed by atoms with Crippen LogP contribution in [-0.4, -0.2) is 59.1 Å². The van der Waals surface area contributed by atoms with Gasteiger partial charge >= 0.3 is 0 Å². The summed E-state index contributed by atoms with van der Waals surface area (Å²) in [6.07, 6.45) is 1.11. The fourth-order valence-corrected chi connectivity index (χ4v) is 4.00. The minimum atomic E-state index is -0.616. The molecule has 0 spiro atoms. The van der Waals surface area contributed by atoms with Crippen LogP contribution in [0.2, 0.25) is 0 Å². The van der Waals surface area contributed by atoms with Crippen molar-refractivity contribution in [1.29, 1.82) is 0 Å². The lowest BCUT2D eigenvalue weighted by molar-refractivity contribution is -0.140. The van der Waals surface area contributed by atoms with Crippen LogP contribution in [0.25, 0.3) is 0 Å². The Kier molecular flexibility index (Phi) is 8.57. The molecule has 0 aliphatic carbocycles. The topological polar surface area (TPSA) is 86.8 Å². The Morgan fingerprint density at radius 1 is 0.912 bits per heavy atom. The third-order valence-electron chi connectivity index (χ3n) is 5.99. The van der Waals surface area contributed by atoms with Gasteiger partial charge in [0.15, 0.2) is 0 Å². The van der Waals surface area contributed by atoms with Crippen molar-refractivity contribution in [1.82, 2.24) is 15.1 Å². The SMILES string of the molecule is CC(C)CNC(=O)[C@@H](C)N(CCc1ccccc1)C(=O)CCCN1C(=O)c2ccccc2C1=O. The van der Waals surface area contributed by atoms with E-state index in [2.05, 4.69) is 5.32 Å². The number of fused-ring (bicyclic) bond motifs is 1. The summed E-state index contributed by atoms with van der Waals surface area (Å²) in [4.78, 5) is 53.8. The second kappa shape index (κ2) is 11.6. The van der Waals surface area contributed by atoms with Crippen molar-refractivity contribution < 1.29 is 19.2 Å². The van der Waals surface area contributed by atoms with E-state index in [-0.39, 0.29) is 36.6 Å². The molecule has 7 nitrogen and oxygen atoms in total. The summed E-state index contributed by atoms with van der Waals surface area (Å²) >= 11 is 0. The van der Waals surface area contributed by atoms with Gasteiger partial charge in [0.1, 0.15) is 6.04 Å². The fraction of sp³-hybridized carbons (Fsp3) is 0.407. The van der Waals surface area contributed by atoms with Crippen molar-refractivity contribution in [3.63, 3.8) is 0 Å². The number of nitrogens with zero attached hydrogens (tertiary/aromatic N) is 2. The normalized spacial score (nSPS) is 13.7. The molecule has 0 radical (unpaired) electrons. The van der Waals surface area contributed by atoms with E-state index in [0.717, 1.165) is 5.56 Å². The van der Waals surface area contributed by atoms with Crippen molar-refractivity contribution in [3.8, 4) is 0 Å². The molecule has 1 N–H and O–H groups in total. The van der Waals surface area contributed by atoms with Crippen molar-refractivity contribution >= 4 is 23.6 Å². The van der Waals surface area contributed by atoms with E-state index in [4.69, 9.17) is 0 Å². The summed E-state index contributed by atoms with van der Waals surface area (Å²) in [5.74, 6) is -0.690. The van der Waals surface area contributed by atoms with Gasteiger partial charge < -0.3 is 10.2 Å². The molecule has 7 heteroatoms. The van der Waals surface area contributed by atoms with Gasteiger partial charge in [0, 0.05) is 26.1 Å². The summed E-state index contributed by atoms with van der Waals surface area (Å²) in [7, 11) is 0. The van der Waals surface area contributed by atoms with Crippen LogP contribution in [0.15, 0.2) is 54.6 Å². The van der Waals surface area contributed by atoms with Crippen molar-refractivity contribution in [3.05, 3.63) is 71.3 Å². The van der Waals surface area contributed by atoms with E-state index < -0.39 is 6.04 Å². The third-order valence-corrected chi connectivity index (χ3v) is 5.99. The Bertz CT molecular complexity index is 1000. The molecular formula is C27H33N3O4. The van der Waals surface area contributed by atoms with E-state index in [9.17, 15) is 19.2 Å². The highest BCUT2D eigenvalue weighted by atomic mass is 16.2. The van der Waals surface area contributed by atoms with Crippen LogP contribution in [0.3, 0.4) is 0 Å². The molecule has 2 aromatic carbocycles. The number of hydrogen-bond acceptors (Lipinski definition) is 4. The fourth-order valence-electron chi connectivity index (χ4n) is 4.00. The molecule has 1 heterocycles. The zero-order chi connectivity index (χ0) is 24.7. The van der Waals surface area contributed by atoms with Crippen molar-refractivity contribution in [2.45, 2.75) is 46.1 Å². The Morgan fingerprint density at radius 3 is 2.09 bits per heavy atom. The van der Waals surface area contributed by atoms with Gasteiger partial charge in [0.2, 0.25) is 11.8 Å². The number of imide groups is 1. The summed E-state index contributed by atoms with van der Waals surface area (Å²) < 4.78 is 0. The first-order valence-electron chi connectivity index (χ1n) is 11.9. The lowest BCUT2D eigenvalue weighted by Crippen LogP contribution is -2.49. The maximum Gasteiger partial charge on any atom is 0.261 e. The minimum absolute atomic E-state index is 0.143. The van der Waals surface area contributed by atoms with Gasteiger partial charge in [-0.25, -0.2) is 0 Å². The molecule has 1 atom stereocenters. The molecule has 0 bridgehead atoms. The molecule has 0 aromatic heterocycles. The molecule has 1 aliphatic heterocycles. The van der Waals surface area contributed by atoms with E-state index in [1.807, 2.05) is 44.2 Å². The number of benzene rings is 2. The molecule has 0 saturated carbocycles. The number of amides is 4. The quantitative estimate of drug-likeness (QED) is 0.518. The van der Waals surface area contributed by atoms with E-state index in [0.29, 0.717) is 43.0 Å². The Labute approximate surface area is 201 Å². The second-order valence-electron chi connectivity index (χ2n) is 9.05. The number of hydrogen-bond donors (Lipinski definition) is 1. The molecule has 180 valence electrons. The van der Waals surface area contributed by atoms with Crippen molar-refractivity contribution in [2.24, 2.45) is 5.92 Å². The predicted octanol–water partition coefficient (Wildman–Crippen LogP) is 3.29. The molecule has 3 rings (SSSR count). The number of carbonyl (C=O) groups excluding carboxylic acids is 4. The predicted molar refractivity (Wildman–Crippen MR) is 130 cm³/mol. The standard InChI is InChI=1S/C27H33N3O4/c1-19(2)18-28-25(32)20(3)29(17-15-21-10-5-4-6-11-21)24(31)14-9-16-30-26(33)22-12-7-8-13-23(22)27(30)34/h4-8,10-13,19-20H,9,14-18H2,1-3H3,(H,28,32)/t20-/m1/s1. The van der Waals surface area contributed by atoms with E-state index in [1.165, 1.54) is 4.90 Å². The molecule has 2 aromatic rings. The zero-order valence-electron chi connectivity index (χ0n) is 20.1. The highest BCUT2D eigenvalue weighted by Crippen LogP contribution is 2.22. The van der Waals surface area contributed by atoms with E-state index in [1.54, 1.807) is 36.1 Å². The van der Waals surface area contributed by atoms with Crippen LogP contribution in [0.5, 0.6) is 0 Å². The highest BCUT2D eigenvalue weighted by Gasteiger charge is 2.35. The Morgan fingerprint density at radius 2 is 1.50 bits per heavy atom. The molecule has 1 aliphatic rings. The molecule has 0 unspecified atom stereocenters. The smallest absolute Gasteiger partial charge is 0.261 e. The summed E-state index contributed by atoms with van der Waals surface area (Å²) in [6, 6.07) is 15.9. The number of carbonyl (C=O) groups is 4. The molecule has 0 saturated heterocycles. The first kappa shape index (κ1) is 25.1. The first-order chi connectivity index (χ1) is 16.3. The van der Waals surface area contributed by atoms with Crippen LogP contribution in [-0.2, 0) is 16.0 Å². The molecule has 0 fully saturated rings. The summed E-state index contributed by atoms with van der Waals surface area (Å²) in [5.41, 5.74) is 1.89. The van der Waals surface area contributed by atoms with Gasteiger partial charge in [0.05, 0.1) is 11.1 Å². The van der Waals surface area contributed by atoms with Crippen LogP contribution in [0, 0.1) is 5.92 Å². The third kappa shape index (κ3) is 6.10. The van der Waals surface area contributed by atoms with Gasteiger partial charge in [-0.3, -0.25) is 24.1 Å². The lowest BCUT2D eigenvalue weighted by Gasteiger charge is -2.29. The van der Waals surface area contributed by atoms with Crippen LogP contribution in [0.1, 0.15) is 59.9 Å². The summed E-state index contributed by atoms with van der Waals surface area (Å²) in [6.45, 7) is 6.89. The molecule has 34 heavy (non-hydrogen) atoms. The minimum Gasteiger partial charge on any atom is -0.354 e.